The van der Waals surface area contributed by atoms with E-state index >= 15 is 0 Å². The molecular formula is C16H21N3O3. The number of amides is 3. The van der Waals surface area contributed by atoms with Gasteiger partial charge >= 0.3 is 6.03 Å². The molecule has 6 heteroatoms. The largest absolute Gasteiger partial charge is 0.491 e. The molecule has 3 rings (SSSR count). The van der Waals surface area contributed by atoms with Gasteiger partial charge in [-0.2, -0.15) is 0 Å². The molecule has 1 aromatic carbocycles. The van der Waals surface area contributed by atoms with Crippen molar-refractivity contribution in [3.05, 3.63) is 29.8 Å². The predicted octanol–water partition coefficient (Wildman–Crippen LogP) is 0.897. The fourth-order valence-corrected chi connectivity index (χ4v) is 3.05. The lowest BCUT2D eigenvalue weighted by Crippen LogP contribution is -2.51. The fourth-order valence-electron chi connectivity index (χ4n) is 3.05. The van der Waals surface area contributed by atoms with E-state index in [-0.39, 0.29) is 23.9 Å². The first kappa shape index (κ1) is 14.7. The van der Waals surface area contributed by atoms with Gasteiger partial charge in [-0.1, -0.05) is 18.2 Å². The Morgan fingerprint density at radius 1 is 1.23 bits per heavy atom. The summed E-state index contributed by atoms with van der Waals surface area (Å²) in [5.41, 5.74) is 6.43. The highest BCUT2D eigenvalue weighted by Gasteiger charge is 2.28. The van der Waals surface area contributed by atoms with Gasteiger partial charge in [0, 0.05) is 19.0 Å². The number of hydrogen-bond acceptors (Lipinski definition) is 3. The minimum absolute atomic E-state index is 0.0173. The topological polar surface area (TPSA) is 84.7 Å². The van der Waals surface area contributed by atoms with Crippen LogP contribution < -0.4 is 15.8 Å². The standard InChI is InChI=1S/C16H21N3O3/c17-15(20)11-5-7-19(8-6-11)16(21)18-13-9-12-3-1-2-4-14(12)22-10-13/h1-4,11,13H,5-10H2,(H2,17,20)(H,18,21). The number of hydrogen-bond donors (Lipinski definition) is 2. The average Bonchev–Trinajstić information content (AvgIpc) is 2.55. The summed E-state index contributed by atoms with van der Waals surface area (Å²) in [5.74, 6) is 0.529. The number of urea groups is 1. The highest BCUT2D eigenvalue weighted by molar-refractivity contribution is 5.78. The van der Waals surface area contributed by atoms with E-state index in [1.54, 1.807) is 4.90 Å². The summed E-state index contributed by atoms with van der Waals surface area (Å²) in [4.78, 5) is 25.2. The molecule has 118 valence electrons. The molecule has 2 aliphatic heterocycles. The SMILES string of the molecule is NC(=O)C1CCN(C(=O)NC2COc3ccccc3C2)CC1. The van der Waals surface area contributed by atoms with Gasteiger partial charge in [-0.3, -0.25) is 4.79 Å². The van der Waals surface area contributed by atoms with E-state index < -0.39 is 0 Å². The zero-order chi connectivity index (χ0) is 15.5. The van der Waals surface area contributed by atoms with Gasteiger partial charge in [0.05, 0.1) is 6.04 Å². The van der Waals surface area contributed by atoms with Gasteiger partial charge < -0.3 is 20.7 Å². The van der Waals surface area contributed by atoms with Crippen molar-refractivity contribution in [3.63, 3.8) is 0 Å². The van der Waals surface area contributed by atoms with Gasteiger partial charge in [0.15, 0.2) is 0 Å². The van der Waals surface area contributed by atoms with Crippen LogP contribution >= 0.6 is 0 Å². The summed E-state index contributed by atoms with van der Waals surface area (Å²) in [7, 11) is 0. The van der Waals surface area contributed by atoms with Gasteiger partial charge in [0.2, 0.25) is 5.91 Å². The fraction of sp³-hybridized carbons (Fsp3) is 0.500. The number of ether oxygens (including phenoxy) is 1. The Morgan fingerprint density at radius 2 is 1.95 bits per heavy atom. The van der Waals surface area contributed by atoms with Crippen molar-refractivity contribution in [1.82, 2.24) is 10.2 Å². The van der Waals surface area contributed by atoms with Gasteiger partial charge in [-0.05, 0) is 30.9 Å². The molecule has 22 heavy (non-hydrogen) atoms. The summed E-state index contributed by atoms with van der Waals surface area (Å²) in [6, 6.07) is 7.78. The zero-order valence-corrected chi connectivity index (χ0v) is 12.5. The molecule has 1 atom stereocenters. The number of likely N-dealkylation sites (tertiary alicyclic amines) is 1. The van der Waals surface area contributed by atoms with Crippen LogP contribution in [0.5, 0.6) is 5.75 Å². The van der Waals surface area contributed by atoms with Crippen molar-refractivity contribution in [2.75, 3.05) is 19.7 Å². The Morgan fingerprint density at radius 3 is 2.68 bits per heavy atom. The lowest BCUT2D eigenvalue weighted by atomic mass is 9.96. The molecule has 3 amide bonds. The van der Waals surface area contributed by atoms with E-state index in [1.165, 1.54) is 0 Å². The van der Waals surface area contributed by atoms with E-state index in [4.69, 9.17) is 10.5 Å². The van der Waals surface area contributed by atoms with Crippen LogP contribution in [0.1, 0.15) is 18.4 Å². The Hall–Kier alpha value is -2.24. The van der Waals surface area contributed by atoms with Crippen molar-refractivity contribution in [1.29, 1.82) is 0 Å². The van der Waals surface area contributed by atoms with Crippen LogP contribution in [0.25, 0.3) is 0 Å². The molecule has 0 bridgehead atoms. The minimum Gasteiger partial charge on any atom is -0.491 e. The quantitative estimate of drug-likeness (QED) is 0.851. The zero-order valence-electron chi connectivity index (χ0n) is 12.5. The van der Waals surface area contributed by atoms with Crippen molar-refractivity contribution in [2.24, 2.45) is 11.7 Å². The van der Waals surface area contributed by atoms with Crippen molar-refractivity contribution in [3.8, 4) is 5.75 Å². The number of para-hydroxylation sites is 1. The molecular weight excluding hydrogens is 282 g/mol. The van der Waals surface area contributed by atoms with Crippen LogP contribution in [0.15, 0.2) is 24.3 Å². The van der Waals surface area contributed by atoms with E-state index in [0.717, 1.165) is 17.7 Å². The second-order valence-electron chi connectivity index (χ2n) is 5.93. The Kier molecular flexibility index (Phi) is 4.18. The lowest BCUT2D eigenvalue weighted by molar-refractivity contribution is -0.123. The maximum absolute atomic E-state index is 12.3. The van der Waals surface area contributed by atoms with E-state index in [9.17, 15) is 9.59 Å². The number of piperidine rings is 1. The molecule has 1 fully saturated rings. The summed E-state index contributed by atoms with van der Waals surface area (Å²) >= 11 is 0. The average molecular weight is 303 g/mol. The molecule has 0 aromatic heterocycles. The van der Waals surface area contributed by atoms with E-state index in [1.807, 2.05) is 24.3 Å². The summed E-state index contributed by atoms with van der Waals surface area (Å²) in [6.07, 6.45) is 2.07. The molecule has 1 aromatic rings. The number of nitrogens with one attached hydrogen (secondary N) is 1. The van der Waals surface area contributed by atoms with Crippen molar-refractivity contribution < 1.29 is 14.3 Å². The highest BCUT2D eigenvalue weighted by atomic mass is 16.5. The monoisotopic (exact) mass is 303 g/mol. The number of primary amides is 1. The normalized spacial score (nSPS) is 21.6. The van der Waals surface area contributed by atoms with Gasteiger partial charge in [-0.15, -0.1) is 0 Å². The first-order valence-corrected chi connectivity index (χ1v) is 7.69. The summed E-state index contributed by atoms with van der Waals surface area (Å²) in [6.45, 7) is 1.63. The molecule has 0 aliphatic carbocycles. The molecule has 0 spiro atoms. The second-order valence-corrected chi connectivity index (χ2v) is 5.93. The number of carbonyl (C=O) groups excluding carboxylic acids is 2. The first-order valence-electron chi connectivity index (χ1n) is 7.69. The molecule has 0 radical (unpaired) electrons. The molecule has 2 heterocycles. The lowest BCUT2D eigenvalue weighted by Gasteiger charge is -2.33. The summed E-state index contributed by atoms with van der Waals surface area (Å²) in [5, 5.41) is 3.02. The van der Waals surface area contributed by atoms with E-state index in [0.29, 0.717) is 32.5 Å². The highest BCUT2D eigenvalue weighted by Crippen LogP contribution is 2.24. The number of benzene rings is 1. The Bertz CT molecular complexity index is 568. The smallest absolute Gasteiger partial charge is 0.317 e. The molecule has 2 aliphatic rings. The number of nitrogens with zero attached hydrogens (tertiary/aromatic N) is 1. The number of carbonyl (C=O) groups is 2. The third kappa shape index (κ3) is 3.16. The van der Waals surface area contributed by atoms with Gasteiger partial charge in [0.1, 0.15) is 12.4 Å². The Labute approximate surface area is 129 Å². The minimum atomic E-state index is -0.266. The number of nitrogens with two attached hydrogens (primary N) is 1. The number of fused-ring (bicyclic) bond motifs is 1. The third-order valence-corrected chi connectivity index (χ3v) is 4.39. The van der Waals surface area contributed by atoms with Crippen LogP contribution in [0.4, 0.5) is 4.79 Å². The van der Waals surface area contributed by atoms with E-state index in [2.05, 4.69) is 5.32 Å². The van der Waals surface area contributed by atoms with Crippen LogP contribution in [0.2, 0.25) is 0 Å². The second kappa shape index (κ2) is 6.25. The van der Waals surface area contributed by atoms with Gasteiger partial charge in [0.25, 0.3) is 0 Å². The molecule has 6 nitrogen and oxygen atoms in total. The molecule has 0 saturated carbocycles. The maximum atomic E-state index is 12.3. The molecule has 1 unspecified atom stereocenters. The third-order valence-electron chi connectivity index (χ3n) is 4.39. The first-order chi connectivity index (χ1) is 10.6. The predicted molar refractivity (Wildman–Crippen MR) is 81.5 cm³/mol. The maximum Gasteiger partial charge on any atom is 0.317 e. The van der Waals surface area contributed by atoms with Crippen molar-refractivity contribution in [2.45, 2.75) is 25.3 Å². The molecule has 1 saturated heterocycles. The van der Waals surface area contributed by atoms with Crippen LogP contribution in [-0.2, 0) is 11.2 Å². The van der Waals surface area contributed by atoms with Crippen LogP contribution in [0.3, 0.4) is 0 Å². The number of rotatable bonds is 2. The molecule has 3 N–H and O–H groups in total. The van der Waals surface area contributed by atoms with Crippen LogP contribution in [0, 0.1) is 5.92 Å². The van der Waals surface area contributed by atoms with Gasteiger partial charge in [-0.25, -0.2) is 4.79 Å². The van der Waals surface area contributed by atoms with Crippen LogP contribution in [-0.4, -0.2) is 42.6 Å². The van der Waals surface area contributed by atoms with Crippen molar-refractivity contribution >= 4 is 11.9 Å². The summed E-state index contributed by atoms with van der Waals surface area (Å²) < 4.78 is 5.68. The Balaban J connectivity index is 1.52.